The molecule has 4 aromatic rings. The Balaban J connectivity index is 1.44. The van der Waals surface area contributed by atoms with Crippen LogP contribution in [0.5, 0.6) is 0 Å². The van der Waals surface area contributed by atoms with Crippen LogP contribution in [0.4, 0.5) is 19.0 Å². The summed E-state index contributed by atoms with van der Waals surface area (Å²) in [5.74, 6) is 0.150. The second-order valence-electron chi connectivity index (χ2n) is 9.43. The molecule has 204 valence electrons. The van der Waals surface area contributed by atoms with E-state index in [0.717, 1.165) is 22.1 Å². The number of anilines is 1. The van der Waals surface area contributed by atoms with Gasteiger partial charge in [-0.1, -0.05) is 18.5 Å². The van der Waals surface area contributed by atoms with Crippen molar-refractivity contribution in [2.45, 2.75) is 45.1 Å². The van der Waals surface area contributed by atoms with Crippen LogP contribution in [-0.4, -0.2) is 57.4 Å². The molecule has 5 rings (SSSR count). The van der Waals surface area contributed by atoms with Gasteiger partial charge in [0.1, 0.15) is 18.6 Å². The molecule has 0 aliphatic heterocycles. The monoisotopic (exact) mass is 562 g/mol. The van der Waals surface area contributed by atoms with Crippen LogP contribution in [0.25, 0.3) is 17.1 Å². The molecule has 39 heavy (non-hydrogen) atoms. The highest BCUT2D eigenvalue weighted by molar-refractivity contribution is 6.30. The molecule has 0 bridgehead atoms. The first-order valence-electron chi connectivity index (χ1n) is 11.8. The van der Waals surface area contributed by atoms with Gasteiger partial charge in [-0.05, 0) is 49.2 Å². The molecule has 2 N–H and O–H groups in total. The summed E-state index contributed by atoms with van der Waals surface area (Å²) < 4.78 is 42.3. The summed E-state index contributed by atoms with van der Waals surface area (Å²) in [6.45, 7) is 0.531. The van der Waals surface area contributed by atoms with Crippen LogP contribution in [0.1, 0.15) is 25.6 Å². The van der Waals surface area contributed by atoms with Gasteiger partial charge in [0, 0.05) is 22.2 Å². The number of pyridine rings is 1. The Bertz CT molecular complexity index is 1570. The minimum Gasteiger partial charge on any atom is -0.382 e. The first-order chi connectivity index (χ1) is 18.4. The third-order valence-corrected chi connectivity index (χ3v) is 6.65. The molecule has 1 atom stereocenters. The lowest BCUT2D eigenvalue weighted by Crippen LogP contribution is -2.37. The van der Waals surface area contributed by atoms with Crippen LogP contribution >= 0.6 is 11.6 Å². The zero-order valence-corrected chi connectivity index (χ0v) is 21.2. The van der Waals surface area contributed by atoms with Gasteiger partial charge in [-0.3, -0.25) is 9.36 Å². The van der Waals surface area contributed by atoms with Crippen LogP contribution in [0.2, 0.25) is 5.02 Å². The van der Waals surface area contributed by atoms with Crippen molar-refractivity contribution in [3.8, 4) is 17.1 Å². The van der Waals surface area contributed by atoms with Crippen molar-refractivity contribution in [1.82, 2.24) is 34.1 Å². The SMILES string of the molecule is CC1(C(=O)Nc2ncccc2-n2cnc(Cn3nc(-c4ccc(Cl)cc4)n(C[C@H](O)C(F)(F)F)c3=O)n2)CC1. The standard InChI is InChI=1S/C24H22ClF3N8O3/c1-23(8-9-23)21(38)31-19-16(3-2-10-29-19)36-13-30-18(32-36)12-35-22(39)34(11-17(37)24(26,27)28)20(33-35)14-4-6-15(25)7-5-14/h2-7,10,13,17,37H,8-9,11-12H2,1H3,(H,29,31,38)/t17-/m0/s1. The van der Waals surface area contributed by atoms with Crippen molar-refractivity contribution in [3.05, 3.63) is 70.3 Å². The van der Waals surface area contributed by atoms with Gasteiger partial charge < -0.3 is 10.4 Å². The van der Waals surface area contributed by atoms with Gasteiger partial charge in [0.2, 0.25) is 5.91 Å². The highest BCUT2D eigenvalue weighted by Gasteiger charge is 2.45. The molecule has 1 fully saturated rings. The molecule has 15 heteroatoms. The fraction of sp³-hybridized carbons (Fsp3) is 0.333. The van der Waals surface area contributed by atoms with Crippen molar-refractivity contribution in [2.75, 3.05) is 5.32 Å². The number of aliphatic hydroxyl groups is 1. The number of benzene rings is 1. The first kappa shape index (κ1) is 26.6. The number of alkyl halides is 3. The molecule has 1 aromatic carbocycles. The predicted molar refractivity (Wildman–Crippen MR) is 133 cm³/mol. The number of aliphatic hydroxyl groups excluding tert-OH is 1. The molecule has 1 aliphatic rings. The molecule has 3 aromatic heterocycles. The summed E-state index contributed by atoms with van der Waals surface area (Å²) in [5.41, 5.74) is -0.569. The summed E-state index contributed by atoms with van der Waals surface area (Å²) in [4.78, 5) is 34.0. The van der Waals surface area contributed by atoms with E-state index in [9.17, 15) is 27.9 Å². The summed E-state index contributed by atoms with van der Waals surface area (Å²) in [7, 11) is 0. The van der Waals surface area contributed by atoms with Crippen molar-refractivity contribution in [2.24, 2.45) is 5.41 Å². The third kappa shape index (κ3) is 5.56. The Morgan fingerprint density at radius 1 is 1.18 bits per heavy atom. The number of aromatic nitrogens is 7. The minimum atomic E-state index is -4.94. The van der Waals surface area contributed by atoms with Crippen molar-refractivity contribution >= 4 is 23.3 Å². The van der Waals surface area contributed by atoms with Crippen LogP contribution < -0.4 is 11.0 Å². The molecule has 0 spiro atoms. The van der Waals surface area contributed by atoms with Gasteiger partial charge in [0.25, 0.3) is 0 Å². The zero-order valence-electron chi connectivity index (χ0n) is 20.4. The Hall–Kier alpha value is -4.04. The Labute approximate surface area is 223 Å². The van der Waals surface area contributed by atoms with E-state index in [1.807, 2.05) is 6.92 Å². The molecule has 1 aliphatic carbocycles. The highest BCUT2D eigenvalue weighted by Crippen LogP contribution is 2.45. The van der Waals surface area contributed by atoms with Gasteiger partial charge in [-0.25, -0.2) is 24.1 Å². The maximum absolute atomic E-state index is 13.1. The molecular weight excluding hydrogens is 541 g/mol. The summed E-state index contributed by atoms with van der Waals surface area (Å²) in [6, 6.07) is 9.33. The highest BCUT2D eigenvalue weighted by atomic mass is 35.5. The number of nitrogens with one attached hydrogen (secondary N) is 1. The molecule has 3 heterocycles. The van der Waals surface area contributed by atoms with Crippen molar-refractivity contribution in [1.29, 1.82) is 0 Å². The van der Waals surface area contributed by atoms with Crippen LogP contribution in [0.15, 0.2) is 53.7 Å². The lowest BCUT2D eigenvalue weighted by molar-refractivity contribution is -0.207. The van der Waals surface area contributed by atoms with Crippen LogP contribution in [0, 0.1) is 5.41 Å². The smallest absolute Gasteiger partial charge is 0.382 e. The fourth-order valence-electron chi connectivity index (χ4n) is 3.77. The average molecular weight is 563 g/mol. The zero-order chi connectivity index (χ0) is 27.9. The molecule has 0 unspecified atom stereocenters. The summed E-state index contributed by atoms with van der Waals surface area (Å²) >= 11 is 5.91. The number of halogens is 4. The summed E-state index contributed by atoms with van der Waals surface area (Å²) in [5, 5.41) is 21.4. The van der Waals surface area contributed by atoms with Gasteiger partial charge in [-0.2, -0.15) is 13.2 Å². The molecule has 1 amide bonds. The van der Waals surface area contributed by atoms with E-state index in [2.05, 4.69) is 25.5 Å². The van der Waals surface area contributed by atoms with Gasteiger partial charge in [0.15, 0.2) is 23.6 Å². The lowest BCUT2D eigenvalue weighted by Gasteiger charge is -2.15. The average Bonchev–Trinajstić information content (AvgIpc) is 3.36. The number of rotatable bonds is 8. The van der Waals surface area contributed by atoms with Gasteiger partial charge >= 0.3 is 11.9 Å². The van der Waals surface area contributed by atoms with E-state index in [0.29, 0.717) is 16.3 Å². The van der Waals surface area contributed by atoms with Crippen LogP contribution in [-0.2, 0) is 17.9 Å². The number of carbonyl (C=O) groups is 1. The molecule has 0 radical (unpaired) electrons. The largest absolute Gasteiger partial charge is 0.416 e. The lowest BCUT2D eigenvalue weighted by atomic mass is 10.1. The molecule has 11 nitrogen and oxygen atoms in total. The fourth-order valence-corrected chi connectivity index (χ4v) is 3.89. The van der Waals surface area contributed by atoms with Crippen LogP contribution in [0.3, 0.4) is 0 Å². The number of amides is 1. The topological polar surface area (TPSA) is 133 Å². The normalized spacial score (nSPS) is 15.2. The number of nitrogens with zero attached hydrogens (tertiary/aromatic N) is 7. The van der Waals surface area contributed by atoms with Gasteiger partial charge in [0.05, 0.1) is 6.54 Å². The van der Waals surface area contributed by atoms with E-state index < -0.39 is 29.9 Å². The molecule has 0 saturated heterocycles. The molecule has 1 saturated carbocycles. The van der Waals surface area contributed by atoms with Gasteiger partial charge in [-0.15, -0.1) is 10.2 Å². The molecular formula is C24H22ClF3N8O3. The summed E-state index contributed by atoms with van der Waals surface area (Å²) in [6.07, 6.45) is -3.27. The van der Waals surface area contributed by atoms with E-state index in [-0.39, 0.29) is 29.9 Å². The first-order valence-corrected chi connectivity index (χ1v) is 12.2. The number of hydrogen-bond donors (Lipinski definition) is 2. The maximum Gasteiger partial charge on any atom is 0.416 e. The van der Waals surface area contributed by atoms with E-state index in [1.54, 1.807) is 12.1 Å². The van der Waals surface area contributed by atoms with E-state index in [4.69, 9.17) is 11.6 Å². The van der Waals surface area contributed by atoms with E-state index >= 15 is 0 Å². The second-order valence-corrected chi connectivity index (χ2v) is 9.87. The number of hydrogen-bond acceptors (Lipinski definition) is 7. The maximum atomic E-state index is 13.1. The second kappa shape index (κ2) is 9.93. The Morgan fingerprint density at radius 3 is 2.56 bits per heavy atom. The Morgan fingerprint density at radius 2 is 1.90 bits per heavy atom. The minimum absolute atomic E-state index is 0.0924. The number of carbonyl (C=O) groups excluding carboxylic acids is 1. The predicted octanol–water partition coefficient (Wildman–Crippen LogP) is 3.05. The van der Waals surface area contributed by atoms with E-state index in [1.165, 1.54) is 41.5 Å². The Kier molecular flexibility index (Phi) is 6.76. The third-order valence-electron chi connectivity index (χ3n) is 6.40. The van der Waals surface area contributed by atoms with Crippen molar-refractivity contribution < 1.29 is 23.1 Å². The van der Waals surface area contributed by atoms with Crippen molar-refractivity contribution in [3.63, 3.8) is 0 Å². The quantitative estimate of drug-likeness (QED) is 0.337.